The number of morpholine rings is 1. The molecule has 1 atom stereocenters. The maximum Gasteiger partial charge on any atom is 0.243 e. The maximum absolute atomic E-state index is 14.2. The van der Waals surface area contributed by atoms with E-state index < -0.39 is 27.5 Å². The zero-order chi connectivity index (χ0) is 24.6. The summed E-state index contributed by atoms with van der Waals surface area (Å²) in [6.45, 7) is 2.35. The van der Waals surface area contributed by atoms with Gasteiger partial charge in [0.2, 0.25) is 10.0 Å². The molecule has 2 aliphatic heterocycles. The van der Waals surface area contributed by atoms with E-state index in [4.69, 9.17) is 9.47 Å². The third-order valence-corrected chi connectivity index (χ3v) is 9.08. The minimum absolute atomic E-state index is 0.0499. The number of ether oxygens (including phenoxy) is 2. The molecule has 0 unspecified atom stereocenters. The number of sulfonamides is 1. The van der Waals surface area contributed by atoms with Crippen molar-refractivity contribution in [1.29, 1.82) is 0 Å². The lowest BCUT2D eigenvalue weighted by Gasteiger charge is -2.26. The van der Waals surface area contributed by atoms with Crippen molar-refractivity contribution in [2.24, 2.45) is 0 Å². The van der Waals surface area contributed by atoms with Crippen LogP contribution < -0.4 is 0 Å². The second-order valence-electron chi connectivity index (χ2n) is 8.42. The molecule has 0 radical (unpaired) electrons. The Labute approximate surface area is 205 Å². The summed E-state index contributed by atoms with van der Waals surface area (Å²) in [7, 11) is -3.72. The molecule has 1 aromatic heterocycles. The minimum Gasteiger partial charge on any atom is -0.379 e. The fourth-order valence-corrected chi connectivity index (χ4v) is 6.76. The highest BCUT2D eigenvalue weighted by Crippen LogP contribution is 2.32. The Morgan fingerprint density at radius 2 is 1.83 bits per heavy atom. The molecule has 0 bridgehead atoms. The number of imidazole rings is 1. The van der Waals surface area contributed by atoms with Gasteiger partial charge in [0.05, 0.1) is 41.8 Å². The van der Waals surface area contributed by atoms with Gasteiger partial charge >= 0.3 is 0 Å². The molecule has 0 aliphatic carbocycles. The van der Waals surface area contributed by atoms with E-state index in [1.165, 1.54) is 10.4 Å². The number of hydrogen-bond donors (Lipinski definition) is 0. The molecule has 3 heterocycles. The number of aromatic nitrogens is 2. The van der Waals surface area contributed by atoms with Gasteiger partial charge in [0.25, 0.3) is 0 Å². The average molecular weight is 528 g/mol. The Morgan fingerprint density at radius 1 is 1.06 bits per heavy atom. The van der Waals surface area contributed by atoms with Crippen LogP contribution in [0.4, 0.5) is 13.2 Å². The van der Waals surface area contributed by atoms with Crippen molar-refractivity contribution in [1.82, 2.24) is 13.9 Å². The molecule has 188 valence electrons. The van der Waals surface area contributed by atoms with Gasteiger partial charge in [-0.05, 0) is 43.2 Å². The topological polar surface area (TPSA) is 73.7 Å². The Kier molecular flexibility index (Phi) is 7.09. The van der Waals surface area contributed by atoms with Gasteiger partial charge in [-0.2, -0.15) is 4.31 Å². The molecule has 3 aromatic rings. The molecule has 2 aliphatic rings. The molecule has 35 heavy (non-hydrogen) atoms. The van der Waals surface area contributed by atoms with Gasteiger partial charge in [-0.15, -0.1) is 0 Å². The first-order valence-electron chi connectivity index (χ1n) is 11.3. The zero-order valence-electron chi connectivity index (χ0n) is 18.8. The first-order valence-corrected chi connectivity index (χ1v) is 13.7. The van der Waals surface area contributed by atoms with E-state index in [1.54, 1.807) is 12.1 Å². The van der Waals surface area contributed by atoms with E-state index in [2.05, 4.69) is 4.98 Å². The average Bonchev–Trinajstić information content (AvgIpc) is 3.50. The van der Waals surface area contributed by atoms with Crippen LogP contribution in [0.1, 0.15) is 18.4 Å². The lowest BCUT2D eigenvalue weighted by atomic mass is 10.2. The van der Waals surface area contributed by atoms with E-state index in [1.807, 2.05) is 4.57 Å². The summed E-state index contributed by atoms with van der Waals surface area (Å²) in [5.41, 5.74) is 0.755. The van der Waals surface area contributed by atoms with Crippen molar-refractivity contribution >= 4 is 32.8 Å². The molecule has 0 N–H and O–H groups in total. The molecule has 5 rings (SSSR count). The first kappa shape index (κ1) is 24.6. The van der Waals surface area contributed by atoms with Crippen LogP contribution in [0, 0.1) is 17.5 Å². The molecule has 0 amide bonds. The Balaban J connectivity index is 1.50. The van der Waals surface area contributed by atoms with Gasteiger partial charge in [0.1, 0.15) is 5.82 Å². The molecule has 2 fully saturated rings. The van der Waals surface area contributed by atoms with Gasteiger partial charge in [-0.25, -0.2) is 26.6 Å². The van der Waals surface area contributed by atoms with E-state index in [9.17, 15) is 21.6 Å². The van der Waals surface area contributed by atoms with Crippen LogP contribution in [0.15, 0.2) is 40.4 Å². The SMILES string of the molecule is O=S(=O)(c1ccc2c(c1)nc(SCc1c(F)ccc(F)c1F)n2C[C@H]1CCCO1)N1CCOCC1. The predicted octanol–water partition coefficient (Wildman–Crippen LogP) is 3.95. The highest BCUT2D eigenvalue weighted by molar-refractivity contribution is 7.98. The normalized spacial score (nSPS) is 19.6. The predicted molar refractivity (Wildman–Crippen MR) is 124 cm³/mol. The number of fused-ring (bicyclic) bond motifs is 1. The minimum atomic E-state index is -3.72. The Bertz CT molecular complexity index is 1340. The van der Waals surface area contributed by atoms with Gasteiger partial charge < -0.3 is 14.0 Å². The van der Waals surface area contributed by atoms with Crippen molar-refractivity contribution < 1.29 is 31.1 Å². The third-order valence-electron chi connectivity index (χ3n) is 6.19. The van der Waals surface area contributed by atoms with Crippen LogP contribution in [0.3, 0.4) is 0 Å². The summed E-state index contributed by atoms with van der Waals surface area (Å²) in [5, 5.41) is 0.444. The summed E-state index contributed by atoms with van der Waals surface area (Å²) < 4.78 is 82.5. The van der Waals surface area contributed by atoms with Gasteiger partial charge in [0, 0.05) is 31.0 Å². The number of benzene rings is 2. The fourth-order valence-electron chi connectivity index (χ4n) is 4.30. The largest absolute Gasteiger partial charge is 0.379 e. The van der Waals surface area contributed by atoms with E-state index >= 15 is 0 Å². The Morgan fingerprint density at radius 3 is 2.57 bits per heavy atom. The van der Waals surface area contributed by atoms with Crippen molar-refractivity contribution in [3.8, 4) is 0 Å². The van der Waals surface area contributed by atoms with Crippen molar-refractivity contribution in [3.63, 3.8) is 0 Å². The van der Waals surface area contributed by atoms with Crippen LogP contribution in [-0.4, -0.2) is 61.3 Å². The Hall–Kier alpha value is -2.12. The monoisotopic (exact) mass is 527 g/mol. The molecule has 0 spiro atoms. The number of thioether (sulfide) groups is 1. The molecule has 7 nitrogen and oxygen atoms in total. The first-order chi connectivity index (χ1) is 16.8. The number of rotatable bonds is 7. The van der Waals surface area contributed by atoms with Crippen molar-refractivity contribution in [2.75, 3.05) is 32.9 Å². The summed E-state index contributed by atoms with van der Waals surface area (Å²) in [6, 6.07) is 6.40. The van der Waals surface area contributed by atoms with Crippen LogP contribution >= 0.6 is 11.8 Å². The van der Waals surface area contributed by atoms with E-state index in [0.29, 0.717) is 42.6 Å². The molecule has 2 saturated heterocycles. The van der Waals surface area contributed by atoms with Crippen LogP contribution in [0.25, 0.3) is 11.0 Å². The quantitative estimate of drug-likeness (QED) is 0.342. The van der Waals surface area contributed by atoms with Gasteiger partial charge in [-0.1, -0.05) is 11.8 Å². The second kappa shape index (κ2) is 10.1. The smallest absolute Gasteiger partial charge is 0.243 e. The second-order valence-corrected chi connectivity index (χ2v) is 11.3. The summed E-state index contributed by atoms with van der Waals surface area (Å²) >= 11 is 1.06. The zero-order valence-corrected chi connectivity index (χ0v) is 20.4. The summed E-state index contributed by atoms with van der Waals surface area (Å²) in [5.74, 6) is -3.36. The number of nitrogens with zero attached hydrogens (tertiary/aromatic N) is 3. The lowest BCUT2D eigenvalue weighted by Crippen LogP contribution is -2.40. The van der Waals surface area contributed by atoms with Crippen LogP contribution in [0.2, 0.25) is 0 Å². The van der Waals surface area contributed by atoms with E-state index in [0.717, 1.165) is 36.7 Å². The van der Waals surface area contributed by atoms with Gasteiger partial charge in [-0.3, -0.25) is 0 Å². The fraction of sp³-hybridized carbons (Fsp3) is 0.435. The van der Waals surface area contributed by atoms with Crippen molar-refractivity contribution in [3.05, 3.63) is 53.3 Å². The van der Waals surface area contributed by atoms with Gasteiger partial charge in [0.15, 0.2) is 16.8 Å². The molecular formula is C23H24F3N3O4S2. The number of halogens is 3. The molecular weight excluding hydrogens is 503 g/mol. The van der Waals surface area contributed by atoms with Crippen LogP contribution in [0.5, 0.6) is 0 Å². The molecule has 12 heteroatoms. The highest BCUT2D eigenvalue weighted by atomic mass is 32.2. The third kappa shape index (κ3) is 4.94. The maximum atomic E-state index is 14.2. The van der Waals surface area contributed by atoms with E-state index in [-0.39, 0.29) is 35.4 Å². The molecule has 2 aromatic carbocycles. The van der Waals surface area contributed by atoms with Crippen LogP contribution in [-0.2, 0) is 31.8 Å². The molecule has 0 saturated carbocycles. The summed E-state index contributed by atoms with van der Waals surface area (Å²) in [6.07, 6.45) is 1.74. The standard InChI is InChI=1S/C23H24F3N3O4S2/c24-18-4-5-19(25)22(26)17(18)14-34-23-27-20-12-16(35(30,31)28-7-10-32-11-8-28)3-6-21(20)29(23)13-15-2-1-9-33-15/h3-6,12,15H,1-2,7-11,13-14H2/t15-/m1/s1. The highest BCUT2D eigenvalue weighted by Gasteiger charge is 2.28. The number of hydrogen-bond acceptors (Lipinski definition) is 6. The summed E-state index contributed by atoms with van der Waals surface area (Å²) in [4.78, 5) is 4.71. The van der Waals surface area contributed by atoms with Crippen molar-refractivity contribution in [2.45, 2.75) is 41.3 Å². The lowest BCUT2D eigenvalue weighted by molar-refractivity contribution is 0.0730.